The molecule has 232 valence electrons. The molecule has 0 aromatic heterocycles. The van der Waals surface area contributed by atoms with Gasteiger partial charge in [0.05, 0.1) is 0 Å². The van der Waals surface area contributed by atoms with E-state index in [-0.39, 0.29) is 43.9 Å². The molecule has 17 nitrogen and oxygen atoms in total. The maximum Gasteiger partial charge on any atom is 0.326 e. The average molecular weight is 589 g/mol. The molecule has 2 aliphatic heterocycles. The van der Waals surface area contributed by atoms with Crippen LogP contribution in [0.15, 0.2) is 0 Å². The molecule has 2 saturated heterocycles. The molecule has 0 aromatic carbocycles. The summed E-state index contributed by atoms with van der Waals surface area (Å²) in [6.07, 6.45) is 1.48. The number of esters is 1. The molecule has 0 radical (unpaired) electrons. The van der Waals surface area contributed by atoms with Gasteiger partial charge in [-0.15, -0.1) is 0 Å². The van der Waals surface area contributed by atoms with Crippen LogP contribution in [0, 0.1) is 0 Å². The van der Waals surface area contributed by atoms with E-state index in [1.165, 1.54) is 0 Å². The molecule has 2 heterocycles. The number of carboxylic acids is 2. The van der Waals surface area contributed by atoms with Crippen LogP contribution in [-0.2, 0) is 43.1 Å². The van der Waals surface area contributed by atoms with Crippen molar-refractivity contribution in [2.24, 2.45) is 17.2 Å². The summed E-state index contributed by atoms with van der Waals surface area (Å²) in [6, 6.07) is -3.30. The third-order valence-electron chi connectivity index (χ3n) is 5.31. The molecule has 2 unspecified atom stereocenters. The SMILES string of the molecule is CC(C)(C)OC(=O)[C@@H](N)CCC(N)=O.NC(=O)CC[C@H](NC(=O)C1CCC(=O)N1)C(=O)O.O=C1CCC(C(=O)O)N1. The van der Waals surface area contributed by atoms with E-state index in [2.05, 4.69) is 16.0 Å². The van der Waals surface area contributed by atoms with Gasteiger partial charge in [0.25, 0.3) is 0 Å². The minimum Gasteiger partial charge on any atom is -0.480 e. The van der Waals surface area contributed by atoms with Gasteiger partial charge in [0, 0.05) is 25.7 Å². The number of rotatable bonds is 11. The highest BCUT2D eigenvalue weighted by Gasteiger charge is 2.30. The highest BCUT2D eigenvalue weighted by molar-refractivity contribution is 5.93. The summed E-state index contributed by atoms with van der Waals surface area (Å²) in [5, 5.41) is 24.2. The zero-order valence-corrected chi connectivity index (χ0v) is 23.3. The zero-order chi connectivity index (χ0) is 31.9. The van der Waals surface area contributed by atoms with Gasteiger partial charge in [-0.1, -0.05) is 0 Å². The summed E-state index contributed by atoms with van der Waals surface area (Å²) in [4.78, 5) is 86.2. The van der Waals surface area contributed by atoms with E-state index < -0.39 is 65.4 Å². The number of nitrogens with one attached hydrogen (secondary N) is 3. The first-order chi connectivity index (χ1) is 18.8. The van der Waals surface area contributed by atoms with Crippen molar-refractivity contribution in [3.8, 4) is 0 Å². The van der Waals surface area contributed by atoms with E-state index in [0.717, 1.165) is 0 Å². The molecular formula is C24H40N6O11. The van der Waals surface area contributed by atoms with Crippen LogP contribution in [0.1, 0.15) is 72.1 Å². The van der Waals surface area contributed by atoms with Crippen molar-refractivity contribution in [2.75, 3.05) is 0 Å². The van der Waals surface area contributed by atoms with Crippen LogP contribution in [-0.4, -0.2) is 87.4 Å². The van der Waals surface area contributed by atoms with Gasteiger partial charge in [0.15, 0.2) is 0 Å². The smallest absolute Gasteiger partial charge is 0.326 e. The molecule has 2 rings (SSSR count). The lowest BCUT2D eigenvalue weighted by atomic mass is 10.1. The molecule has 0 bridgehead atoms. The summed E-state index contributed by atoms with van der Waals surface area (Å²) in [5.41, 5.74) is 14.8. The Morgan fingerprint density at radius 2 is 1.37 bits per heavy atom. The average Bonchev–Trinajstić information content (AvgIpc) is 3.47. The largest absolute Gasteiger partial charge is 0.480 e. The van der Waals surface area contributed by atoms with Gasteiger partial charge in [-0.2, -0.15) is 0 Å². The number of aliphatic carboxylic acids is 2. The monoisotopic (exact) mass is 588 g/mol. The Morgan fingerprint density at radius 3 is 1.71 bits per heavy atom. The first-order valence-corrected chi connectivity index (χ1v) is 12.7. The molecule has 2 aliphatic rings. The molecule has 0 saturated carbocycles. The predicted molar refractivity (Wildman–Crippen MR) is 140 cm³/mol. The Morgan fingerprint density at radius 1 is 0.902 bits per heavy atom. The summed E-state index contributed by atoms with van der Waals surface area (Å²) < 4.78 is 5.02. The highest BCUT2D eigenvalue weighted by Crippen LogP contribution is 2.10. The van der Waals surface area contributed by atoms with Gasteiger partial charge in [-0.3, -0.25) is 28.8 Å². The van der Waals surface area contributed by atoms with Gasteiger partial charge < -0.3 is 48.1 Å². The Bertz CT molecular complexity index is 995. The second-order valence-corrected chi connectivity index (χ2v) is 10.2. The third-order valence-corrected chi connectivity index (χ3v) is 5.31. The standard InChI is InChI=1S/C10H15N3O5.C9H18N2O3.C5H7NO3/c11-7(14)3-1-6(10(17)18)13-9(16)5-2-4-8(15)12-5;1-9(2,3)14-8(13)6(10)4-5-7(11)12;7-4-2-1-3(6-4)5(8)9/h5-6H,1-4H2,(H2,11,14)(H,12,15)(H,13,16)(H,17,18);6H,4-5,10H2,1-3H3,(H2,11,12);3H,1-2H2,(H,6,7)(H,8,9)/t5?,6-;6-;/m00./s1. The highest BCUT2D eigenvalue weighted by atomic mass is 16.6. The molecule has 4 atom stereocenters. The van der Waals surface area contributed by atoms with E-state index in [9.17, 15) is 38.4 Å². The van der Waals surface area contributed by atoms with Gasteiger partial charge in [0.1, 0.15) is 29.8 Å². The van der Waals surface area contributed by atoms with Crippen molar-refractivity contribution in [1.29, 1.82) is 0 Å². The van der Waals surface area contributed by atoms with Gasteiger partial charge in [-0.25, -0.2) is 9.59 Å². The molecule has 0 aromatic rings. The van der Waals surface area contributed by atoms with Gasteiger partial charge in [0.2, 0.25) is 29.5 Å². The first kappa shape index (κ1) is 36.7. The zero-order valence-electron chi connectivity index (χ0n) is 23.3. The molecule has 0 aliphatic carbocycles. The number of ether oxygens (including phenoxy) is 1. The molecule has 17 heteroatoms. The summed E-state index contributed by atoms with van der Waals surface area (Å²) >= 11 is 0. The van der Waals surface area contributed by atoms with Crippen LogP contribution in [0.25, 0.3) is 0 Å². The molecule has 41 heavy (non-hydrogen) atoms. The Labute approximate surface area is 236 Å². The quantitative estimate of drug-likeness (QED) is 0.115. The van der Waals surface area contributed by atoms with E-state index in [0.29, 0.717) is 19.3 Å². The van der Waals surface area contributed by atoms with Crippen molar-refractivity contribution in [2.45, 2.75) is 102 Å². The van der Waals surface area contributed by atoms with E-state index in [4.69, 9.17) is 32.2 Å². The number of carbonyl (C=O) groups is 8. The minimum atomic E-state index is -1.24. The summed E-state index contributed by atoms with van der Waals surface area (Å²) in [6.45, 7) is 5.27. The Hall–Kier alpha value is -4.28. The summed E-state index contributed by atoms with van der Waals surface area (Å²) in [5.74, 6) is -4.75. The van der Waals surface area contributed by atoms with E-state index in [1.807, 2.05) is 0 Å². The normalized spacial score (nSPS) is 19.0. The van der Waals surface area contributed by atoms with E-state index in [1.54, 1.807) is 20.8 Å². The number of primary amides is 2. The lowest BCUT2D eigenvalue weighted by Crippen LogP contribution is -2.49. The fourth-order valence-corrected chi connectivity index (χ4v) is 3.22. The van der Waals surface area contributed by atoms with Crippen LogP contribution in [0.4, 0.5) is 0 Å². The van der Waals surface area contributed by atoms with Crippen LogP contribution in [0.3, 0.4) is 0 Å². The topological polar surface area (TPSA) is 300 Å². The van der Waals surface area contributed by atoms with Gasteiger partial charge in [-0.05, 0) is 46.5 Å². The molecule has 0 spiro atoms. The number of amides is 5. The number of carbonyl (C=O) groups excluding carboxylic acids is 6. The number of hydrogen-bond acceptors (Lipinski definition) is 10. The molecular weight excluding hydrogens is 548 g/mol. The van der Waals surface area contributed by atoms with Crippen molar-refractivity contribution in [3.05, 3.63) is 0 Å². The lowest BCUT2D eigenvalue weighted by Gasteiger charge is -2.21. The summed E-state index contributed by atoms with van der Waals surface area (Å²) in [7, 11) is 0. The molecule has 5 amide bonds. The van der Waals surface area contributed by atoms with Crippen molar-refractivity contribution in [1.82, 2.24) is 16.0 Å². The second-order valence-electron chi connectivity index (χ2n) is 10.2. The fraction of sp³-hybridized carbons (Fsp3) is 0.667. The van der Waals surface area contributed by atoms with E-state index >= 15 is 0 Å². The third kappa shape index (κ3) is 17.1. The maximum absolute atomic E-state index is 11.6. The van der Waals surface area contributed by atoms with Crippen LogP contribution in [0.2, 0.25) is 0 Å². The second kappa shape index (κ2) is 17.4. The molecule has 11 N–H and O–H groups in total. The van der Waals surface area contributed by atoms with Crippen molar-refractivity contribution in [3.63, 3.8) is 0 Å². The van der Waals surface area contributed by atoms with Crippen molar-refractivity contribution < 1.29 is 53.3 Å². The van der Waals surface area contributed by atoms with Crippen LogP contribution < -0.4 is 33.2 Å². The van der Waals surface area contributed by atoms with Crippen molar-refractivity contribution >= 4 is 47.4 Å². The number of nitrogens with two attached hydrogens (primary N) is 3. The Balaban J connectivity index is 0.000000618. The maximum atomic E-state index is 11.6. The van der Waals surface area contributed by atoms with Crippen LogP contribution in [0.5, 0.6) is 0 Å². The Kier molecular flexibility index (Phi) is 15.6. The first-order valence-electron chi connectivity index (χ1n) is 12.7. The fourth-order valence-electron chi connectivity index (χ4n) is 3.22. The van der Waals surface area contributed by atoms with Gasteiger partial charge >= 0.3 is 17.9 Å². The van der Waals surface area contributed by atoms with Crippen LogP contribution >= 0.6 is 0 Å². The number of carboxylic acid groups (broad SMARTS) is 2. The number of hydrogen-bond donors (Lipinski definition) is 8. The molecule has 2 fully saturated rings. The minimum absolute atomic E-state index is 0.0723. The lowest BCUT2D eigenvalue weighted by molar-refractivity contribution is -0.156. The predicted octanol–water partition coefficient (Wildman–Crippen LogP) is -2.63.